The lowest BCUT2D eigenvalue weighted by molar-refractivity contribution is 0.173. The second-order valence-corrected chi connectivity index (χ2v) is 6.34. The Hall–Kier alpha value is -1.23. The van der Waals surface area contributed by atoms with E-state index in [1.165, 1.54) is 17.8 Å². The van der Waals surface area contributed by atoms with Crippen molar-refractivity contribution in [2.24, 2.45) is 0 Å². The van der Waals surface area contributed by atoms with E-state index in [0.29, 0.717) is 6.54 Å². The van der Waals surface area contributed by atoms with Crippen molar-refractivity contribution in [1.29, 1.82) is 0 Å². The highest BCUT2D eigenvalue weighted by Gasteiger charge is 2.26. The molecule has 1 aliphatic rings. The van der Waals surface area contributed by atoms with Crippen LogP contribution in [0, 0.1) is 6.92 Å². The zero-order valence-electron chi connectivity index (χ0n) is 11.7. The molecule has 1 aliphatic carbocycles. The summed E-state index contributed by atoms with van der Waals surface area (Å²) in [5.74, 6) is 0.728. The Morgan fingerprint density at radius 3 is 2.95 bits per heavy atom. The molecule has 0 bridgehead atoms. The third kappa shape index (κ3) is 3.26. The predicted octanol–water partition coefficient (Wildman–Crippen LogP) is 3.15. The number of aromatic nitrogens is 1. The summed E-state index contributed by atoms with van der Waals surface area (Å²) < 4.78 is 0. The predicted molar refractivity (Wildman–Crippen MR) is 81.9 cm³/mol. The van der Waals surface area contributed by atoms with Crippen LogP contribution in [-0.2, 0) is 6.54 Å². The fourth-order valence-electron chi connectivity index (χ4n) is 2.33. The maximum absolute atomic E-state index is 10.2. The van der Waals surface area contributed by atoms with Gasteiger partial charge in [-0.3, -0.25) is 0 Å². The van der Waals surface area contributed by atoms with E-state index in [2.05, 4.69) is 15.7 Å². The van der Waals surface area contributed by atoms with Gasteiger partial charge in [-0.05, 0) is 30.9 Å². The van der Waals surface area contributed by atoms with Crippen LogP contribution in [0.25, 0.3) is 0 Å². The summed E-state index contributed by atoms with van der Waals surface area (Å²) in [7, 11) is 0. The molecule has 0 amide bonds. The molecule has 1 unspecified atom stereocenters. The van der Waals surface area contributed by atoms with Crippen molar-refractivity contribution in [3.63, 3.8) is 0 Å². The van der Waals surface area contributed by atoms with Gasteiger partial charge in [0, 0.05) is 24.4 Å². The van der Waals surface area contributed by atoms with Crippen LogP contribution >= 0.6 is 11.3 Å². The summed E-state index contributed by atoms with van der Waals surface area (Å²) in [6, 6.07) is 7.97. The highest BCUT2D eigenvalue weighted by Crippen LogP contribution is 2.41. The first-order valence-corrected chi connectivity index (χ1v) is 8.00. The number of hydrogen-bond acceptors (Lipinski definition) is 4. The first-order valence-electron chi connectivity index (χ1n) is 7.12. The van der Waals surface area contributed by atoms with Gasteiger partial charge in [0.1, 0.15) is 0 Å². The first kappa shape index (κ1) is 13.7. The van der Waals surface area contributed by atoms with Crippen LogP contribution in [0.5, 0.6) is 0 Å². The molecule has 1 heterocycles. The lowest BCUT2D eigenvalue weighted by Crippen LogP contribution is -2.21. The van der Waals surface area contributed by atoms with Crippen molar-refractivity contribution in [1.82, 2.24) is 10.3 Å². The van der Waals surface area contributed by atoms with Crippen molar-refractivity contribution in [2.75, 3.05) is 6.54 Å². The van der Waals surface area contributed by atoms with E-state index < -0.39 is 6.10 Å². The van der Waals surface area contributed by atoms with E-state index in [1.807, 2.05) is 31.2 Å². The molecule has 4 heteroatoms. The van der Waals surface area contributed by atoms with E-state index in [1.54, 1.807) is 11.3 Å². The van der Waals surface area contributed by atoms with Crippen LogP contribution < -0.4 is 5.32 Å². The van der Waals surface area contributed by atoms with Gasteiger partial charge in [0.2, 0.25) is 0 Å². The number of aryl methyl sites for hydroxylation is 1. The van der Waals surface area contributed by atoms with Crippen molar-refractivity contribution < 1.29 is 5.11 Å². The summed E-state index contributed by atoms with van der Waals surface area (Å²) >= 11 is 1.76. The summed E-state index contributed by atoms with van der Waals surface area (Å²) in [6.45, 7) is 3.31. The Balaban J connectivity index is 1.50. The van der Waals surface area contributed by atoms with Gasteiger partial charge in [-0.1, -0.05) is 24.3 Å². The molecule has 20 heavy (non-hydrogen) atoms. The molecule has 3 rings (SSSR count). The number of benzene rings is 1. The van der Waals surface area contributed by atoms with Crippen molar-refractivity contribution in [3.05, 3.63) is 51.5 Å². The second kappa shape index (κ2) is 6.04. The van der Waals surface area contributed by atoms with E-state index in [4.69, 9.17) is 0 Å². The number of nitrogens with zero attached hydrogens (tertiary/aromatic N) is 1. The van der Waals surface area contributed by atoms with Gasteiger partial charge >= 0.3 is 0 Å². The van der Waals surface area contributed by atoms with Gasteiger partial charge in [0.25, 0.3) is 0 Å². The largest absolute Gasteiger partial charge is 0.387 e. The maximum atomic E-state index is 10.2. The Kier molecular flexibility index (Phi) is 4.15. The third-order valence-corrected chi connectivity index (χ3v) is 4.74. The fourth-order valence-corrected chi connectivity index (χ4v) is 3.32. The monoisotopic (exact) mass is 288 g/mol. The average molecular weight is 288 g/mol. The molecule has 0 radical (unpaired) electrons. The second-order valence-electron chi connectivity index (χ2n) is 5.45. The van der Waals surface area contributed by atoms with Gasteiger partial charge in [-0.25, -0.2) is 4.98 Å². The van der Waals surface area contributed by atoms with E-state index in [9.17, 15) is 5.11 Å². The Labute approximate surface area is 123 Å². The molecular formula is C16H20N2OS. The molecule has 1 atom stereocenters. The number of rotatable bonds is 6. The Bertz CT molecular complexity index is 577. The van der Waals surface area contributed by atoms with Crippen LogP contribution in [0.2, 0.25) is 0 Å². The molecular weight excluding hydrogens is 268 g/mol. The van der Waals surface area contributed by atoms with Gasteiger partial charge in [0.05, 0.1) is 16.8 Å². The lowest BCUT2D eigenvalue weighted by atomic mass is 10.0. The summed E-state index contributed by atoms with van der Waals surface area (Å²) in [6.07, 6.45) is 2.14. The molecule has 1 aromatic heterocycles. The minimum absolute atomic E-state index is 0.460. The smallest absolute Gasteiger partial charge is 0.0959 e. The number of aliphatic hydroxyl groups excluding tert-OH is 1. The van der Waals surface area contributed by atoms with Crippen LogP contribution in [0.3, 0.4) is 0 Å². The number of aliphatic hydroxyl groups is 1. The zero-order valence-corrected chi connectivity index (χ0v) is 12.5. The zero-order chi connectivity index (χ0) is 13.9. The molecule has 1 saturated carbocycles. The molecule has 0 saturated heterocycles. The molecule has 2 N–H and O–H groups in total. The molecule has 0 aliphatic heterocycles. The number of hydrogen-bond donors (Lipinski definition) is 2. The third-order valence-electron chi connectivity index (χ3n) is 3.69. The molecule has 2 aromatic rings. The fraction of sp³-hybridized carbons (Fsp3) is 0.438. The molecule has 3 nitrogen and oxygen atoms in total. The van der Waals surface area contributed by atoms with Crippen LogP contribution in [-0.4, -0.2) is 16.6 Å². The lowest BCUT2D eigenvalue weighted by Gasteiger charge is -2.14. The van der Waals surface area contributed by atoms with Crippen molar-refractivity contribution in [2.45, 2.75) is 38.3 Å². The van der Waals surface area contributed by atoms with Crippen LogP contribution in [0.1, 0.15) is 46.7 Å². The number of thiazole rings is 1. The molecule has 1 fully saturated rings. The first-order chi connectivity index (χ1) is 9.74. The highest BCUT2D eigenvalue weighted by atomic mass is 32.1. The van der Waals surface area contributed by atoms with Crippen LogP contribution in [0.4, 0.5) is 0 Å². The minimum atomic E-state index is -0.460. The maximum Gasteiger partial charge on any atom is 0.0959 e. The van der Waals surface area contributed by atoms with Crippen molar-refractivity contribution >= 4 is 11.3 Å². The summed E-state index contributed by atoms with van der Waals surface area (Å²) in [5, 5.41) is 16.9. The van der Waals surface area contributed by atoms with Gasteiger partial charge in [-0.15, -0.1) is 11.3 Å². The SMILES string of the molecule is Cc1ccccc1C(O)CNCc1csc(C2CC2)n1. The topological polar surface area (TPSA) is 45.1 Å². The molecule has 0 spiro atoms. The van der Waals surface area contributed by atoms with Gasteiger partial charge in [0.15, 0.2) is 0 Å². The standard InChI is InChI=1S/C16H20N2OS/c1-11-4-2-3-5-14(11)15(19)9-17-8-13-10-20-16(18-13)12-6-7-12/h2-5,10,12,15,17,19H,6-9H2,1H3. The minimum Gasteiger partial charge on any atom is -0.387 e. The normalized spacial score (nSPS) is 16.3. The van der Waals surface area contributed by atoms with E-state index in [-0.39, 0.29) is 0 Å². The van der Waals surface area contributed by atoms with Crippen molar-refractivity contribution in [3.8, 4) is 0 Å². The average Bonchev–Trinajstić information content (AvgIpc) is 3.19. The van der Waals surface area contributed by atoms with Crippen LogP contribution in [0.15, 0.2) is 29.6 Å². The molecule has 1 aromatic carbocycles. The molecule has 106 valence electrons. The van der Waals surface area contributed by atoms with E-state index >= 15 is 0 Å². The summed E-state index contributed by atoms with van der Waals surface area (Å²) in [4.78, 5) is 4.63. The Morgan fingerprint density at radius 2 is 2.20 bits per heavy atom. The summed E-state index contributed by atoms with van der Waals surface area (Å²) in [5.41, 5.74) is 3.22. The Morgan fingerprint density at radius 1 is 1.40 bits per heavy atom. The van der Waals surface area contributed by atoms with Gasteiger partial charge in [-0.2, -0.15) is 0 Å². The number of nitrogens with one attached hydrogen (secondary N) is 1. The van der Waals surface area contributed by atoms with Gasteiger partial charge < -0.3 is 10.4 Å². The quantitative estimate of drug-likeness (QED) is 0.858. The van der Waals surface area contributed by atoms with E-state index in [0.717, 1.165) is 29.3 Å². The highest BCUT2D eigenvalue weighted by molar-refractivity contribution is 7.09.